The van der Waals surface area contributed by atoms with E-state index in [1.165, 1.54) is 0 Å². The second-order valence-corrected chi connectivity index (χ2v) is 2.40. The van der Waals surface area contributed by atoms with Gasteiger partial charge in [0.15, 0.2) is 0 Å². The quantitative estimate of drug-likeness (QED) is 0.368. The minimum absolute atomic E-state index is 0.361. The highest BCUT2D eigenvalue weighted by molar-refractivity contribution is 6.37. The number of carbonyl (C=O) groups is 3. The van der Waals surface area contributed by atoms with Crippen LogP contribution in [-0.2, 0) is 19.1 Å². The van der Waals surface area contributed by atoms with Gasteiger partial charge in [-0.2, -0.15) is 8.78 Å². The van der Waals surface area contributed by atoms with Crippen molar-refractivity contribution in [2.45, 2.75) is 19.3 Å². The van der Waals surface area contributed by atoms with Crippen molar-refractivity contribution >= 4 is 17.5 Å². The largest absolute Gasteiger partial charge is 0.463 e. The number of methoxy groups -OCH3 is 1. The van der Waals surface area contributed by atoms with E-state index in [9.17, 15) is 23.2 Å². The molecule has 13 heavy (non-hydrogen) atoms. The highest BCUT2D eigenvalue weighted by Gasteiger charge is 2.34. The topological polar surface area (TPSA) is 60.4 Å². The molecule has 4 nitrogen and oxygen atoms in total. The minimum atomic E-state index is -3.59. The van der Waals surface area contributed by atoms with Gasteiger partial charge in [0.2, 0.25) is 11.6 Å². The van der Waals surface area contributed by atoms with Gasteiger partial charge in [-0.1, -0.05) is 0 Å². The van der Waals surface area contributed by atoms with Crippen LogP contribution >= 0.6 is 0 Å². The van der Waals surface area contributed by atoms with Gasteiger partial charge >= 0.3 is 11.9 Å². The standard InChI is InChI=1S/C7H8F2O4/c1-7(8,9)5(11)3-4(10)6(12)13-2/h3H2,1-2H3. The van der Waals surface area contributed by atoms with Crippen molar-refractivity contribution in [3.8, 4) is 0 Å². The lowest BCUT2D eigenvalue weighted by Crippen LogP contribution is -2.29. The average molecular weight is 194 g/mol. The third kappa shape index (κ3) is 3.73. The highest BCUT2D eigenvalue weighted by atomic mass is 19.3. The van der Waals surface area contributed by atoms with E-state index in [0.29, 0.717) is 6.92 Å². The van der Waals surface area contributed by atoms with E-state index in [1.54, 1.807) is 0 Å². The van der Waals surface area contributed by atoms with Crippen molar-refractivity contribution in [2.24, 2.45) is 0 Å². The summed E-state index contributed by atoms with van der Waals surface area (Å²) in [5.41, 5.74) is 0. The van der Waals surface area contributed by atoms with Crippen LogP contribution in [0.3, 0.4) is 0 Å². The molecule has 0 aliphatic carbocycles. The Bertz CT molecular complexity index is 241. The lowest BCUT2D eigenvalue weighted by atomic mass is 10.1. The Kier molecular flexibility index (Phi) is 3.65. The fraction of sp³-hybridized carbons (Fsp3) is 0.571. The number of carbonyl (C=O) groups excluding carboxylic acids is 3. The smallest absolute Gasteiger partial charge is 0.374 e. The molecule has 0 saturated heterocycles. The molecular formula is C7H8F2O4. The van der Waals surface area contributed by atoms with Crippen molar-refractivity contribution in [1.82, 2.24) is 0 Å². The van der Waals surface area contributed by atoms with Crippen LogP contribution in [0.1, 0.15) is 13.3 Å². The summed E-state index contributed by atoms with van der Waals surface area (Å²) < 4.78 is 28.3. The van der Waals surface area contributed by atoms with E-state index in [1.807, 2.05) is 0 Å². The number of Topliss-reactive ketones (excluding diaryl/α,β-unsaturated/α-hetero) is 2. The third-order valence-corrected chi connectivity index (χ3v) is 1.22. The SMILES string of the molecule is COC(=O)C(=O)CC(=O)C(C)(F)F. The maximum Gasteiger partial charge on any atom is 0.374 e. The lowest BCUT2D eigenvalue weighted by Gasteiger charge is -2.06. The van der Waals surface area contributed by atoms with E-state index in [4.69, 9.17) is 0 Å². The molecule has 0 heterocycles. The van der Waals surface area contributed by atoms with Gasteiger partial charge in [0.1, 0.15) is 0 Å². The zero-order valence-electron chi connectivity index (χ0n) is 7.10. The summed E-state index contributed by atoms with van der Waals surface area (Å²) in [4.78, 5) is 31.5. The maximum atomic E-state index is 12.2. The van der Waals surface area contributed by atoms with Gasteiger partial charge in [-0.15, -0.1) is 0 Å². The normalized spacial score (nSPS) is 10.8. The molecule has 0 aromatic rings. The van der Waals surface area contributed by atoms with Crippen molar-refractivity contribution in [3.05, 3.63) is 0 Å². The number of esters is 1. The Morgan fingerprint density at radius 1 is 1.31 bits per heavy atom. The first kappa shape index (κ1) is 11.7. The summed E-state index contributed by atoms with van der Waals surface area (Å²) in [5, 5.41) is 0. The van der Waals surface area contributed by atoms with E-state index < -0.39 is 29.9 Å². The van der Waals surface area contributed by atoms with Crippen molar-refractivity contribution in [1.29, 1.82) is 0 Å². The number of hydrogen-bond donors (Lipinski definition) is 0. The van der Waals surface area contributed by atoms with E-state index in [0.717, 1.165) is 7.11 Å². The van der Waals surface area contributed by atoms with E-state index in [-0.39, 0.29) is 0 Å². The molecule has 0 N–H and O–H groups in total. The molecule has 0 spiro atoms. The summed E-state index contributed by atoms with van der Waals surface area (Å²) in [6.45, 7) is 0.361. The molecular weight excluding hydrogens is 186 g/mol. The number of rotatable bonds is 4. The molecule has 0 bridgehead atoms. The van der Waals surface area contributed by atoms with Crippen LogP contribution in [0.25, 0.3) is 0 Å². The van der Waals surface area contributed by atoms with Crippen LogP contribution in [0.4, 0.5) is 8.78 Å². The minimum Gasteiger partial charge on any atom is -0.463 e. The molecule has 0 aliphatic rings. The van der Waals surface area contributed by atoms with Gasteiger partial charge in [-0.25, -0.2) is 4.79 Å². The number of hydrogen-bond acceptors (Lipinski definition) is 4. The first-order valence-corrected chi connectivity index (χ1v) is 3.31. The summed E-state index contributed by atoms with van der Waals surface area (Å²) in [7, 11) is 0.925. The Balaban J connectivity index is 4.24. The van der Waals surface area contributed by atoms with Crippen molar-refractivity contribution < 1.29 is 27.9 Å². The molecule has 0 saturated carbocycles. The molecule has 0 fully saturated rings. The zero-order valence-corrected chi connectivity index (χ0v) is 7.10. The molecule has 74 valence electrons. The fourth-order valence-corrected chi connectivity index (χ4v) is 0.487. The molecule has 6 heteroatoms. The predicted octanol–water partition coefficient (Wildman–Crippen LogP) is 0.343. The van der Waals surface area contributed by atoms with Crippen molar-refractivity contribution in [2.75, 3.05) is 7.11 Å². The van der Waals surface area contributed by atoms with Gasteiger partial charge in [0.05, 0.1) is 13.5 Å². The Morgan fingerprint density at radius 2 is 1.77 bits per heavy atom. The van der Waals surface area contributed by atoms with Gasteiger partial charge in [0, 0.05) is 6.92 Å². The number of halogens is 2. The monoisotopic (exact) mass is 194 g/mol. The Morgan fingerprint density at radius 3 is 2.08 bits per heavy atom. The van der Waals surface area contributed by atoms with Crippen LogP contribution < -0.4 is 0 Å². The second-order valence-electron chi connectivity index (χ2n) is 2.40. The van der Waals surface area contributed by atoms with Gasteiger partial charge in [-0.05, 0) is 0 Å². The average Bonchev–Trinajstić information content (AvgIpc) is 2.01. The second kappa shape index (κ2) is 4.06. The molecule has 0 unspecified atom stereocenters. The lowest BCUT2D eigenvalue weighted by molar-refractivity contribution is -0.155. The molecule has 0 aromatic carbocycles. The molecule has 0 radical (unpaired) electrons. The number of alkyl halides is 2. The van der Waals surface area contributed by atoms with Crippen LogP contribution in [0.15, 0.2) is 0 Å². The van der Waals surface area contributed by atoms with Crippen LogP contribution in [0.5, 0.6) is 0 Å². The van der Waals surface area contributed by atoms with E-state index >= 15 is 0 Å². The van der Waals surface area contributed by atoms with E-state index in [2.05, 4.69) is 4.74 Å². The van der Waals surface area contributed by atoms with Crippen LogP contribution in [0, 0.1) is 0 Å². The van der Waals surface area contributed by atoms with Crippen LogP contribution in [0.2, 0.25) is 0 Å². The zero-order chi connectivity index (χ0) is 10.6. The maximum absolute atomic E-state index is 12.2. The molecule has 0 rings (SSSR count). The van der Waals surface area contributed by atoms with Gasteiger partial charge in [-0.3, -0.25) is 9.59 Å². The Labute approximate surface area is 72.9 Å². The van der Waals surface area contributed by atoms with Gasteiger partial charge < -0.3 is 4.74 Å². The molecule has 0 amide bonds. The third-order valence-electron chi connectivity index (χ3n) is 1.22. The molecule has 0 aromatic heterocycles. The fourth-order valence-electron chi connectivity index (χ4n) is 0.487. The summed E-state index contributed by atoms with van der Waals surface area (Å²) >= 11 is 0. The van der Waals surface area contributed by atoms with Crippen LogP contribution in [-0.4, -0.2) is 30.6 Å². The number of ether oxygens (including phenoxy) is 1. The van der Waals surface area contributed by atoms with Crippen molar-refractivity contribution in [3.63, 3.8) is 0 Å². The first-order chi connectivity index (χ1) is 5.79. The molecule has 0 aliphatic heterocycles. The Hall–Kier alpha value is -1.33. The number of ketones is 2. The molecule has 0 atom stereocenters. The van der Waals surface area contributed by atoms with Gasteiger partial charge in [0.25, 0.3) is 0 Å². The summed E-state index contributed by atoms with van der Waals surface area (Å²) in [6, 6.07) is 0. The highest BCUT2D eigenvalue weighted by Crippen LogP contribution is 2.15. The summed E-state index contributed by atoms with van der Waals surface area (Å²) in [6.07, 6.45) is -1.13. The summed E-state index contributed by atoms with van der Waals surface area (Å²) in [5.74, 6) is -7.75. The predicted molar refractivity (Wildman–Crippen MR) is 37.3 cm³/mol. The first-order valence-electron chi connectivity index (χ1n) is 3.31.